The van der Waals surface area contributed by atoms with Crippen LogP contribution in [0.2, 0.25) is 0 Å². The lowest BCUT2D eigenvalue weighted by Gasteiger charge is -2.03. The average molecular weight is 194 g/mol. The van der Waals surface area contributed by atoms with E-state index in [1.54, 1.807) is 12.1 Å². The number of hydrogen-bond acceptors (Lipinski definition) is 3. The Labute approximate surface area is 83.0 Å². The van der Waals surface area contributed by atoms with Crippen LogP contribution in [-0.4, -0.2) is 12.5 Å². The fourth-order valence-electron chi connectivity index (χ4n) is 1.01. The highest BCUT2D eigenvalue weighted by molar-refractivity contribution is 5.77. The first kappa shape index (κ1) is 10.5. The highest BCUT2D eigenvalue weighted by Gasteiger charge is 2.01. The van der Waals surface area contributed by atoms with Gasteiger partial charge in [0, 0.05) is 5.69 Å². The molecule has 0 bridgehead atoms. The summed E-state index contributed by atoms with van der Waals surface area (Å²) in [4.78, 5) is 16.0. The number of amides is 1. The van der Waals surface area contributed by atoms with Crippen molar-refractivity contribution in [2.45, 2.75) is 13.3 Å². The Hall–Kier alpha value is -1.55. The van der Waals surface area contributed by atoms with Crippen LogP contribution in [0.5, 0.6) is 0 Å². The molecule has 3 N–H and O–H groups in total. The van der Waals surface area contributed by atoms with E-state index in [-0.39, 0.29) is 5.91 Å². The minimum absolute atomic E-state index is 0.156. The first-order valence-electron chi connectivity index (χ1n) is 4.47. The zero-order chi connectivity index (χ0) is 10.4. The highest BCUT2D eigenvalue weighted by atomic mass is 16.6. The van der Waals surface area contributed by atoms with E-state index in [9.17, 15) is 4.79 Å². The predicted octanol–water partition coefficient (Wildman–Crippen LogP) is 0.879. The van der Waals surface area contributed by atoms with Crippen LogP contribution in [0.3, 0.4) is 0 Å². The van der Waals surface area contributed by atoms with Crippen LogP contribution in [0.4, 0.5) is 5.69 Å². The number of anilines is 1. The van der Waals surface area contributed by atoms with Crippen molar-refractivity contribution >= 4 is 11.6 Å². The molecule has 1 aromatic rings. The monoisotopic (exact) mass is 194 g/mol. The summed E-state index contributed by atoms with van der Waals surface area (Å²) in [5.74, 6) is -0.156. The second kappa shape index (κ2) is 5.24. The fourth-order valence-corrected chi connectivity index (χ4v) is 1.01. The van der Waals surface area contributed by atoms with Gasteiger partial charge in [0.2, 0.25) is 5.91 Å². The molecule has 14 heavy (non-hydrogen) atoms. The summed E-state index contributed by atoms with van der Waals surface area (Å²) in [5.41, 5.74) is 9.44. The molecule has 0 aromatic heterocycles. The molecule has 0 fully saturated rings. The van der Waals surface area contributed by atoms with Crippen molar-refractivity contribution in [2.75, 3.05) is 12.3 Å². The van der Waals surface area contributed by atoms with Gasteiger partial charge in [-0.25, -0.2) is 5.48 Å². The Morgan fingerprint density at radius 1 is 1.43 bits per heavy atom. The van der Waals surface area contributed by atoms with Gasteiger partial charge in [-0.2, -0.15) is 0 Å². The number of nitrogens with one attached hydrogen (secondary N) is 1. The SMILES string of the molecule is CCONC(=O)Cc1ccc(N)cc1. The second-order valence-electron chi connectivity index (χ2n) is 2.88. The number of carbonyl (C=O) groups is 1. The van der Waals surface area contributed by atoms with Crippen molar-refractivity contribution in [3.63, 3.8) is 0 Å². The quantitative estimate of drug-likeness (QED) is 0.552. The zero-order valence-corrected chi connectivity index (χ0v) is 8.12. The lowest BCUT2D eigenvalue weighted by Crippen LogP contribution is -2.25. The third kappa shape index (κ3) is 3.45. The third-order valence-electron chi connectivity index (χ3n) is 1.67. The van der Waals surface area contributed by atoms with E-state index >= 15 is 0 Å². The molecule has 0 saturated heterocycles. The van der Waals surface area contributed by atoms with Crippen LogP contribution in [0, 0.1) is 0 Å². The van der Waals surface area contributed by atoms with Crippen LogP contribution < -0.4 is 11.2 Å². The van der Waals surface area contributed by atoms with Crippen LogP contribution >= 0.6 is 0 Å². The predicted molar refractivity (Wildman–Crippen MR) is 54.3 cm³/mol. The van der Waals surface area contributed by atoms with E-state index in [0.29, 0.717) is 18.7 Å². The summed E-state index contributed by atoms with van der Waals surface area (Å²) in [5, 5.41) is 0. The average Bonchev–Trinajstić information content (AvgIpc) is 2.18. The van der Waals surface area contributed by atoms with E-state index < -0.39 is 0 Å². The largest absolute Gasteiger partial charge is 0.399 e. The summed E-state index contributed by atoms with van der Waals surface area (Å²) < 4.78 is 0. The van der Waals surface area contributed by atoms with E-state index in [1.807, 2.05) is 19.1 Å². The van der Waals surface area contributed by atoms with Gasteiger partial charge in [-0.3, -0.25) is 9.63 Å². The lowest BCUT2D eigenvalue weighted by atomic mass is 10.1. The topological polar surface area (TPSA) is 64.3 Å². The Kier molecular flexibility index (Phi) is 3.94. The lowest BCUT2D eigenvalue weighted by molar-refractivity contribution is -0.132. The zero-order valence-electron chi connectivity index (χ0n) is 8.12. The smallest absolute Gasteiger partial charge is 0.247 e. The van der Waals surface area contributed by atoms with E-state index in [1.165, 1.54) is 0 Å². The third-order valence-corrected chi connectivity index (χ3v) is 1.67. The molecule has 0 saturated carbocycles. The second-order valence-corrected chi connectivity index (χ2v) is 2.88. The van der Waals surface area contributed by atoms with Gasteiger partial charge in [0.15, 0.2) is 0 Å². The molecular formula is C10H14N2O2. The molecule has 0 aliphatic carbocycles. The van der Waals surface area contributed by atoms with Gasteiger partial charge >= 0.3 is 0 Å². The number of carbonyl (C=O) groups excluding carboxylic acids is 1. The molecule has 1 aromatic carbocycles. The van der Waals surface area contributed by atoms with Crippen LogP contribution in [0.25, 0.3) is 0 Å². The molecule has 0 spiro atoms. The van der Waals surface area contributed by atoms with Gasteiger partial charge < -0.3 is 5.73 Å². The standard InChI is InChI=1S/C10H14N2O2/c1-2-14-12-10(13)7-8-3-5-9(11)6-4-8/h3-6H,2,7,11H2,1H3,(H,12,13). The summed E-state index contributed by atoms with van der Waals surface area (Å²) in [6.07, 6.45) is 0.306. The Morgan fingerprint density at radius 3 is 2.64 bits per heavy atom. The maximum Gasteiger partial charge on any atom is 0.247 e. The van der Waals surface area contributed by atoms with Gasteiger partial charge in [0.25, 0.3) is 0 Å². The van der Waals surface area contributed by atoms with Crippen molar-refractivity contribution in [1.29, 1.82) is 0 Å². The highest BCUT2D eigenvalue weighted by Crippen LogP contribution is 2.05. The molecule has 0 aliphatic heterocycles. The summed E-state index contributed by atoms with van der Waals surface area (Å²) in [6.45, 7) is 2.27. The van der Waals surface area contributed by atoms with Crippen LogP contribution in [0.1, 0.15) is 12.5 Å². The summed E-state index contributed by atoms with van der Waals surface area (Å²) in [7, 11) is 0. The molecule has 4 nitrogen and oxygen atoms in total. The fraction of sp³-hybridized carbons (Fsp3) is 0.300. The first-order chi connectivity index (χ1) is 6.72. The molecule has 1 rings (SSSR count). The molecule has 0 radical (unpaired) electrons. The Bertz CT molecular complexity index is 295. The van der Waals surface area contributed by atoms with Crippen molar-refractivity contribution in [3.8, 4) is 0 Å². The van der Waals surface area contributed by atoms with Crippen molar-refractivity contribution in [3.05, 3.63) is 29.8 Å². The van der Waals surface area contributed by atoms with Gasteiger partial charge in [0.1, 0.15) is 0 Å². The van der Waals surface area contributed by atoms with Crippen molar-refractivity contribution in [1.82, 2.24) is 5.48 Å². The van der Waals surface area contributed by atoms with Crippen LogP contribution in [0.15, 0.2) is 24.3 Å². The van der Waals surface area contributed by atoms with Crippen molar-refractivity contribution in [2.24, 2.45) is 0 Å². The molecular weight excluding hydrogens is 180 g/mol. The van der Waals surface area contributed by atoms with Gasteiger partial charge in [-0.15, -0.1) is 0 Å². The van der Waals surface area contributed by atoms with Crippen LogP contribution in [-0.2, 0) is 16.1 Å². The first-order valence-corrected chi connectivity index (χ1v) is 4.47. The molecule has 4 heteroatoms. The summed E-state index contributed by atoms with van der Waals surface area (Å²) in [6, 6.07) is 7.17. The molecule has 0 unspecified atom stereocenters. The van der Waals surface area contributed by atoms with Gasteiger partial charge in [-0.1, -0.05) is 12.1 Å². The number of rotatable bonds is 4. The molecule has 1 amide bonds. The number of hydrogen-bond donors (Lipinski definition) is 2. The maximum absolute atomic E-state index is 11.2. The Balaban J connectivity index is 2.44. The number of hydroxylamine groups is 1. The molecule has 76 valence electrons. The van der Waals surface area contributed by atoms with Crippen molar-refractivity contribution < 1.29 is 9.63 Å². The minimum atomic E-state index is -0.156. The molecule has 0 aliphatic rings. The summed E-state index contributed by atoms with van der Waals surface area (Å²) >= 11 is 0. The van der Waals surface area contributed by atoms with Gasteiger partial charge in [0.05, 0.1) is 13.0 Å². The number of benzene rings is 1. The van der Waals surface area contributed by atoms with E-state index in [0.717, 1.165) is 5.56 Å². The number of nitrogens with two attached hydrogens (primary N) is 1. The van der Waals surface area contributed by atoms with Gasteiger partial charge in [-0.05, 0) is 24.6 Å². The Morgan fingerprint density at radius 2 is 2.07 bits per heavy atom. The molecule has 0 atom stereocenters. The molecule has 0 heterocycles. The normalized spacial score (nSPS) is 9.79. The van der Waals surface area contributed by atoms with E-state index in [4.69, 9.17) is 10.6 Å². The minimum Gasteiger partial charge on any atom is -0.399 e. The maximum atomic E-state index is 11.2. The number of nitrogen functional groups attached to an aromatic ring is 1. The van der Waals surface area contributed by atoms with E-state index in [2.05, 4.69) is 5.48 Å².